The van der Waals surface area contributed by atoms with Gasteiger partial charge in [0.15, 0.2) is 0 Å². The predicted molar refractivity (Wildman–Crippen MR) is 160 cm³/mol. The first-order chi connectivity index (χ1) is 19.4. The normalized spacial score (nSPS) is 15.4. The number of piperazine rings is 1. The van der Waals surface area contributed by atoms with Crippen LogP contribution in [0.2, 0.25) is 0 Å². The molecule has 0 bridgehead atoms. The third-order valence-corrected chi connectivity index (χ3v) is 8.33. The smallest absolute Gasteiger partial charge is 0.410 e. The lowest BCUT2D eigenvalue weighted by molar-refractivity contribution is 0.0139. The number of carbonyl (C=O) groups is 1. The number of hydrogen-bond acceptors (Lipinski definition) is 7. The first kappa shape index (κ1) is 30.3. The third kappa shape index (κ3) is 8.19. The average Bonchev–Trinajstić information content (AvgIpc) is 2.93. The number of carbonyl (C=O) groups excluding carboxylic acids is 1. The topological polar surface area (TPSA) is 123 Å². The summed E-state index contributed by atoms with van der Waals surface area (Å²) in [6, 6.07) is 18.8. The monoisotopic (exact) mass is 578 g/mol. The highest BCUT2D eigenvalue weighted by molar-refractivity contribution is 7.92. The largest absolute Gasteiger partial charge is 0.444 e. The van der Waals surface area contributed by atoms with Crippen LogP contribution in [0.5, 0.6) is 0 Å². The molecule has 1 amide bonds. The zero-order valence-electron chi connectivity index (χ0n) is 24.1. The Morgan fingerprint density at radius 3 is 2.41 bits per heavy atom. The molecule has 0 saturated carbocycles. The lowest BCUT2D eigenvalue weighted by atomic mass is 9.96. The van der Waals surface area contributed by atoms with Crippen molar-refractivity contribution < 1.29 is 23.1 Å². The van der Waals surface area contributed by atoms with E-state index in [1.165, 1.54) is 0 Å². The van der Waals surface area contributed by atoms with Crippen molar-refractivity contribution in [2.24, 2.45) is 0 Å². The van der Waals surface area contributed by atoms with Crippen LogP contribution in [0.4, 0.5) is 10.5 Å². The van der Waals surface area contributed by atoms with Crippen molar-refractivity contribution in [3.8, 4) is 6.07 Å². The van der Waals surface area contributed by atoms with Gasteiger partial charge in [0.1, 0.15) is 5.60 Å². The lowest BCUT2D eigenvalue weighted by Gasteiger charge is -2.35. The Kier molecular flexibility index (Phi) is 9.22. The number of sulfonamides is 1. The van der Waals surface area contributed by atoms with Crippen LogP contribution < -0.4 is 4.72 Å². The minimum atomic E-state index is -3.52. The fourth-order valence-corrected chi connectivity index (χ4v) is 5.47. The number of nitrogens with one attached hydrogen (secondary N) is 1. The Bertz CT molecular complexity index is 1550. The Hall–Kier alpha value is -3.65. The Morgan fingerprint density at radius 1 is 1.05 bits per heavy atom. The summed E-state index contributed by atoms with van der Waals surface area (Å²) >= 11 is 0. The van der Waals surface area contributed by atoms with Gasteiger partial charge in [-0.05, 0) is 79.4 Å². The number of benzene rings is 3. The number of nitriles is 1. The van der Waals surface area contributed by atoms with Crippen molar-refractivity contribution in [3.63, 3.8) is 0 Å². The van der Waals surface area contributed by atoms with Crippen LogP contribution in [0.1, 0.15) is 56.1 Å². The maximum atomic E-state index is 12.4. The molecule has 0 radical (unpaired) electrons. The molecule has 3 aromatic carbocycles. The van der Waals surface area contributed by atoms with Gasteiger partial charge in [-0.1, -0.05) is 30.3 Å². The predicted octanol–water partition coefficient (Wildman–Crippen LogP) is 4.80. The average molecular weight is 579 g/mol. The summed E-state index contributed by atoms with van der Waals surface area (Å²) in [7, 11) is -3.52. The van der Waals surface area contributed by atoms with E-state index >= 15 is 0 Å². The van der Waals surface area contributed by atoms with Crippen LogP contribution in [-0.4, -0.2) is 67.0 Å². The highest BCUT2D eigenvalue weighted by atomic mass is 32.2. The fourth-order valence-electron chi connectivity index (χ4n) is 4.79. The SMILES string of the molecule is CCS(=O)(=O)Nc1ccc(CN2CCN(C(=O)OC(C)(C)C)CC2)cc1CC(O)c1ccc2ccc(C#N)cc2c1. The number of ether oxygens (including phenoxy) is 1. The van der Waals surface area contributed by atoms with Gasteiger partial charge >= 0.3 is 6.09 Å². The van der Waals surface area contributed by atoms with Crippen molar-refractivity contribution in [2.45, 2.75) is 52.4 Å². The van der Waals surface area contributed by atoms with Gasteiger partial charge in [0.05, 0.1) is 29.2 Å². The Morgan fingerprint density at radius 2 is 1.76 bits per heavy atom. The van der Waals surface area contributed by atoms with E-state index in [1.807, 2.05) is 57.2 Å². The van der Waals surface area contributed by atoms with Gasteiger partial charge in [-0.15, -0.1) is 0 Å². The molecule has 218 valence electrons. The number of nitrogens with zero attached hydrogens (tertiary/aromatic N) is 3. The van der Waals surface area contributed by atoms with Crippen LogP contribution >= 0.6 is 0 Å². The van der Waals surface area contributed by atoms with E-state index in [0.29, 0.717) is 55.1 Å². The maximum Gasteiger partial charge on any atom is 0.410 e. The van der Waals surface area contributed by atoms with Crippen molar-refractivity contribution in [1.82, 2.24) is 9.80 Å². The van der Waals surface area contributed by atoms with Gasteiger partial charge in [0.25, 0.3) is 0 Å². The molecule has 3 aromatic rings. The van der Waals surface area contributed by atoms with Crippen LogP contribution in [0, 0.1) is 11.3 Å². The summed E-state index contributed by atoms with van der Waals surface area (Å²) in [5.41, 5.74) is 2.79. The second-order valence-corrected chi connectivity index (χ2v) is 13.4. The standard InChI is InChI=1S/C31H38N4O5S/c1-5-41(38,39)33-28-11-7-23(21-34-12-14-35(15-13-34)30(37)40-31(2,3)4)17-27(28)19-29(36)25-10-9-24-8-6-22(20-32)16-26(24)18-25/h6-11,16-18,29,33,36H,5,12-15,19,21H2,1-4H3. The molecule has 10 heteroatoms. The van der Waals surface area contributed by atoms with Gasteiger partial charge in [0, 0.05) is 39.1 Å². The minimum Gasteiger partial charge on any atom is -0.444 e. The van der Waals surface area contributed by atoms with Crippen LogP contribution in [0.15, 0.2) is 54.6 Å². The second kappa shape index (κ2) is 12.5. The number of rotatable bonds is 8. The summed E-state index contributed by atoms with van der Waals surface area (Å²) in [6.07, 6.45) is -0.994. The maximum absolute atomic E-state index is 12.4. The summed E-state index contributed by atoms with van der Waals surface area (Å²) < 4.78 is 33.0. The zero-order valence-corrected chi connectivity index (χ0v) is 24.9. The third-order valence-electron chi connectivity index (χ3n) is 7.04. The number of anilines is 1. The Balaban J connectivity index is 1.51. The summed E-state index contributed by atoms with van der Waals surface area (Å²) in [5.74, 6) is -0.0649. The molecule has 1 aliphatic heterocycles. The van der Waals surface area contributed by atoms with Gasteiger partial charge in [-0.3, -0.25) is 9.62 Å². The molecule has 1 heterocycles. The first-order valence-electron chi connectivity index (χ1n) is 13.8. The zero-order chi connectivity index (χ0) is 29.8. The van der Waals surface area contributed by atoms with Crippen LogP contribution in [0.3, 0.4) is 0 Å². The van der Waals surface area contributed by atoms with Crippen molar-refractivity contribution in [1.29, 1.82) is 5.26 Å². The van der Waals surface area contributed by atoms with Crippen molar-refractivity contribution >= 4 is 32.6 Å². The van der Waals surface area contributed by atoms with Crippen molar-refractivity contribution in [2.75, 3.05) is 36.7 Å². The van der Waals surface area contributed by atoms with E-state index in [2.05, 4.69) is 15.7 Å². The molecule has 0 aromatic heterocycles. The minimum absolute atomic E-state index is 0.0649. The lowest BCUT2D eigenvalue weighted by Crippen LogP contribution is -2.49. The molecule has 1 saturated heterocycles. The molecule has 2 N–H and O–H groups in total. The molecular weight excluding hydrogens is 540 g/mol. The number of aliphatic hydroxyl groups is 1. The first-order valence-corrected chi connectivity index (χ1v) is 15.5. The molecule has 1 fully saturated rings. The van der Waals surface area contributed by atoms with Gasteiger partial charge in [-0.2, -0.15) is 5.26 Å². The fraction of sp³-hybridized carbons (Fsp3) is 0.419. The van der Waals surface area contributed by atoms with Gasteiger partial charge in [0.2, 0.25) is 10.0 Å². The van der Waals surface area contributed by atoms with Gasteiger partial charge in [-0.25, -0.2) is 13.2 Å². The van der Waals surface area contributed by atoms with E-state index in [0.717, 1.165) is 16.3 Å². The number of fused-ring (bicyclic) bond motifs is 1. The molecule has 1 aliphatic rings. The Labute approximate surface area is 242 Å². The molecule has 1 atom stereocenters. The van der Waals surface area contributed by atoms with Crippen LogP contribution in [0.25, 0.3) is 10.8 Å². The molecule has 0 spiro atoms. The summed E-state index contributed by atoms with van der Waals surface area (Å²) in [4.78, 5) is 16.4. The number of amides is 1. The highest BCUT2D eigenvalue weighted by Crippen LogP contribution is 2.28. The number of aliphatic hydroxyl groups excluding tert-OH is 1. The van der Waals surface area contributed by atoms with Crippen LogP contribution in [-0.2, 0) is 27.7 Å². The molecule has 9 nitrogen and oxygen atoms in total. The van der Waals surface area contributed by atoms with E-state index in [-0.39, 0.29) is 18.3 Å². The molecule has 0 aliphatic carbocycles. The highest BCUT2D eigenvalue weighted by Gasteiger charge is 2.26. The van der Waals surface area contributed by atoms with E-state index in [4.69, 9.17) is 4.74 Å². The molecule has 4 rings (SSSR count). The van der Waals surface area contributed by atoms with Crippen molar-refractivity contribution in [3.05, 3.63) is 76.9 Å². The molecule has 41 heavy (non-hydrogen) atoms. The number of hydrogen-bond donors (Lipinski definition) is 2. The second-order valence-electron chi connectivity index (χ2n) is 11.4. The quantitative estimate of drug-likeness (QED) is 0.394. The molecular formula is C31H38N4O5S. The summed E-state index contributed by atoms with van der Waals surface area (Å²) in [6.45, 7) is 10.2. The summed E-state index contributed by atoms with van der Waals surface area (Å²) in [5, 5.41) is 22.3. The van der Waals surface area contributed by atoms with Gasteiger partial charge < -0.3 is 14.7 Å². The molecule has 1 unspecified atom stereocenters. The van der Waals surface area contributed by atoms with E-state index in [9.17, 15) is 23.6 Å². The van der Waals surface area contributed by atoms with E-state index < -0.39 is 21.7 Å². The van der Waals surface area contributed by atoms with E-state index in [1.54, 1.807) is 30.0 Å².